The van der Waals surface area contributed by atoms with Crippen molar-refractivity contribution >= 4 is 38.3 Å². The van der Waals surface area contributed by atoms with E-state index in [1.165, 1.54) is 0 Å². The summed E-state index contributed by atoms with van der Waals surface area (Å²) in [5.41, 5.74) is 0. The van der Waals surface area contributed by atoms with Crippen LogP contribution in [0.15, 0.2) is 0 Å². The molecule has 2 atom stereocenters. The molecule has 4 heteroatoms. The van der Waals surface area contributed by atoms with Crippen LogP contribution in [0.25, 0.3) is 0 Å². The molecule has 0 bridgehead atoms. The second kappa shape index (κ2) is 4.32. The highest BCUT2D eigenvalue weighted by molar-refractivity contribution is 9.12. The quantitative estimate of drug-likeness (QED) is 0.559. The van der Waals surface area contributed by atoms with Gasteiger partial charge in [-0.25, -0.2) is 0 Å². The van der Waals surface area contributed by atoms with Gasteiger partial charge in [-0.2, -0.15) is 0 Å². The van der Waals surface area contributed by atoms with Crippen molar-refractivity contribution in [1.82, 2.24) is 0 Å². The summed E-state index contributed by atoms with van der Waals surface area (Å²) in [6.07, 6.45) is 0. The number of carbonyl (C=O) groups excluding carboxylic acids is 1. The highest BCUT2D eigenvalue weighted by Gasteiger charge is 2.08. The van der Waals surface area contributed by atoms with Crippen molar-refractivity contribution in [2.75, 3.05) is 0 Å². The van der Waals surface area contributed by atoms with Gasteiger partial charge in [0, 0.05) is 0 Å². The maximum Gasteiger partial charge on any atom is 0.294 e. The van der Waals surface area contributed by atoms with Crippen LogP contribution in [0.3, 0.4) is 0 Å². The molecule has 0 fully saturated rings. The van der Waals surface area contributed by atoms with Gasteiger partial charge in [-0.3, -0.25) is 4.79 Å². The van der Waals surface area contributed by atoms with E-state index in [0.29, 0.717) is 6.47 Å². The Morgan fingerprint density at radius 1 is 1.62 bits per heavy atom. The van der Waals surface area contributed by atoms with E-state index in [4.69, 9.17) is 0 Å². The van der Waals surface area contributed by atoms with E-state index in [-0.39, 0.29) is 9.84 Å². The average Bonchev–Trinajstić information content (AvgIpc) is 1.67. The molecule has 0 saturated heterocycles. The molecule has 2 unspecified atom stereocenters. The topological polar surface area (TPSA) is 26.3 Å². The normalized spacial score (nSPS) is 16.9. The summed E-state index contributed by atoms with van der Waals surface area (Å²) in [5.74, 6) is 0. The number of hydrogen-bond acceptors (Lipinski definition) is 2. The van der Waals surface area contributed by atoms with Gasteiger partial charge in [0.1, 0.15) is 0 Å². The summed E-state index contributed by atoms with van der Waals surface area (Å²) >= 11 is 6.31. The largest absolute Gasteiger partial charge is 0.452 e. The molecule has 0 spiro atoms. The third-order valence-corrected chi connectivity index (χ3v) is 2.75. The van der Waals surface area contributed by atoms with Gasteiger partial charge in [0.15, 0.2) is 5.01 Å². The zero-order valence-corrected chi connectivity index (χ0v) is 7.48. The lowest BCUT2D eigenvalue weighted by Crippen LogP contribution is -2.12. The van der Waals surface area contributed by atoms with Gasteiger partial charge in [0.25, 0.3) is 6.47 Å². The van der Waals surface area contributed by atoms with Crippen molar-refractivity contribution < 1.29 is 9.53 Å². The first-order valence-corrected chi connectivity index (χ1v) is 3.89. The fourth-order valence-electron chi connectivity index (χ4n) is 0.161. The molecular formula is C4H6Br2O2. The Labute approximate surface area is 64.8 Å². The van der Waals surface area contributed by atoms with Gasteiger partial charge in [-0.1, -0.05) is 15.9 Å². The molecule has 0 N–H and O–H groups in total. The van der Waals surface area contributed by atoms with E-state index in [1.807, 2.05) is 6.92 Å². The lowest BCUT2D eigenvalue weighted by Gasteiger charge is -2.07. The van der Waals surface area contributed by atoms with E-state index in [0.717, 1.165) is 0 Å². The Kier molecular flexibility index (Phi) is 4.56. The molecule has 0 aliphatic heterocycles. The van der Waals surface area contributed by atoms with E-state index >= 15 is 0 Å². The number of rotatable bonds is 3. The summed E-state index contributed by atoms with van der Waals surface area (Å²) in [6, 6.07) is 0. The van der Waals surface area contributed by atoms with Crippen molar-refractivity contribution in [3.8, 4) is 0 Å². The molecule has 8 heavy (non-hydrogen) atoms. The van der Waals surface area contributed by atoms with Crippen molar-refractivity contribution in [1.29, 1.82) is 0 Å². The van der Waals surface area contributed by atoms with Crippen molar-refractivity contribution in [2.24, 2.45) is 0 Å². The van der Waals surface area contributed by atoms with Crippen molar-refractivity contribution in [3.63, 3.8) is 0 Å². The van der Waals surface area contributed by atoms with Crippen LogP contribution in [-0.4, -0.2) is 16.3 Å². The van der Waals surface area contributed by atoms with E-state index < -0.39 is 0 Å². The third kappa shape index (κ3) is 3.43. The van der Waals surface area contributed by atoms with Crippen LogP contribution < -0.4 is 0 Å². The Balaban J connectivity index is 3.30. The van der Waals surface area contributed by atoms with Crippen LogP contribution in [0, 0.1) is 0 Å². The lowest BCUT2D eigenvalue weighted by molar-refractivity contribution is -0.129. The molecule has 0 amide bonds. The monoisotopic (exact) mass is 244 g/mol. The SMILES string of the molecule is CC(Br)C(Br)OC=O. The van der Waals surface area contributed by atoms with Crippen LogP contribution >= 0.6 is 31.9 Å². The Morgan fingerprint density at radius 2 is 2.12 bits per heavy atom. The molecule has 2 nitrogen and oxygen atoms in total. The predicted molar refractivity (Wildman–Crippen MR) is 38.3 cm³/mol. The van der Waals surface area contributed by atoms with Crippen LogP contribution in [0.5, 0.6) is 0 Å². The molecule has 0 aromatic heterocycles. The maximum absolute atomic E-state index is 9.65. The summed E-state index contributed by atoms with van der Waals surface area (Å²) in [7, 11) is 0. The van der Waals surface area contributed by atoms with Gasteiger partial charge < -0.3 is 4.74 Å². The molecular weight excluding hydrogens is 240 g/mol. The molecule has 0 radical (unpaired) electrons. The molecule has 0 rings (SSSR count). The second-order valence-corrected chi connectivity index (χ2v) is 3.61. The van der Waals surface area contributed by atoms with Gasteiger partial charge in [-0.15, -0.1) is 0 Å². The van der Waals surface area contributed by atoms with Crippen LogP contribution in [0.1, 0.15) is 6.92 Å². The third-order valence-electron chi connectivity index (χ3n) is 0.547. The zero-order valence-electron chi connectivity index (χ0n) is 4.30. The summed E-state index contributed by atoms with van der Waals surface area (Å²) in [5, 5.41) is -0.222. The van der Waals surface area contributed by atoms with Gasteiger partial charge in [0.2, 0.25) is 0 Å². The van der Waals surface area contributed by atoms with Gasteiger partial charge in [0.05, 0.1) is 4.83 Å². The summed E-state index contributed by atoms with van der Waals surface area (Å²) in [6.45, 7) is 2.29. The second-order valence-electron chi connectivity index (χ2n) is 1.26. The smallest absolute Gasteiger partial charge is 0.294 e. The van der Waals surface area contributed by atoms with Gasteiger partial charge >= 0.3 is 0 Å². The Morgan fingerprint density at radius 3 is 2.25 bits per heavy atom. The minimum absolute atomic E-state index is 0.146. The molecule has 0 heterocycles. The van der Waals surface area contributed by atoms with Gasteiger partial charge in [-0.05, 0) is 22.9 Å². The molecule has 0 aromatic carbocycles. The van der Waals surface area contributed by atoms with Crippen molar-refractivity contribution in [3.05, 3.63) is 0 Å². The van der Waals surface area contributed by atoms with Crippen LogP contribution in [-0.2, 0) is 9.53 Å². The first kappa shape index (κ1) is 8.43. The highest BCUT2D eigenvalue weighted by atomic mass is 79.9. The number of ether oxygens (including phenoxy) is 1. The first-order valence-electron chi connectivity index (χ1n) is 2.05. The number of halogens is 2. The molecule has 0 aliphatic rings. The minimum Gasteiger partial charge on any atom is -0.452 e. The number of carbonyl (C=O) groups is 1. The standard InChI is InChI=1S/C4H6Br2O2/c1-3(5)4(6)8-2-7/h2-4H,1H3. The predicted octanol–water partition coefficient (Wildman–Crippen LogP) is 1.66. The molecule has 0 aromatic rings. The fourth-order valence-corrected chi connectivity index (χ4v) is 0.374. The highest BCUT2D eigenvalue weighted by Crippen LogP contribution is 2.12. The van der Waals surface area contributed by atoms with Crippen LogP contribution in [0.4, 0.5) is 0 Å². The summed E-state index contributed by atoms with van der Waals surface area (Å²) in [4.78, 5) is 9.79. The lowest BCUT2D eigenvalue weighted by atomic mass is 10.5. The molecule has 0 aliphatic carbocycles. The van der Waals surface area contributed by atoms with E-state index in [9.17, 15) is 4.79 Å². The Hall–Kier alpha value is 0.430. The zero-order chi connectivity index (χ0) is 6.57. The van der Waals surface area contributed by atoms with Crippen molar-refractivity contribution in [2.45, 2.75) is 16.8 Å². The van der Waals surface area contributed by atoms with E-state index in [2.05, 4.69) is 36.6 Å². The average molecular weight is 246 g/mol. The number of hydrogen-bond donors (Lipinski definition) is 0. The number of alkyl halides is 2. The minimum atomic E-state index is -0.222. The maximum atomic E-state index is 9.65. The van der Waals surface area contributed by atoms with Crippen LogP contribution in [0.2, 0.25) is 0 Å². The molecule has 48 valence electrons. The fraction of sp³-hybridized carbons (Fsp3) is 0.750. The molecule has 0 saturated carbocycles. The van der Waals surface area contributed by atoms with E-state index in [1.54, 1.807) is 0 Å². The summed E-state index contributed by atoms with van der Waals surface area (Å²) < 4.78 is 4.49. The Bertz CT molecular complexity index is 74.4. The first-order chi connectivity index (χ1) is 3.68.